The number of halogens is 1. The number of hydrogen-bond acceptors (Lipinski definition) is 7. The molecule has 1 N–H and O–H groups in total. The van der Waals surface area contributed by atoms with Gasteiger partial charge in [0.1, 0.15) is 0 Å². The predicted molar refractivity (Wildman–Crippen MR) is 89.3 cm³/mol. The molecule has 0 spiro atoms. The van der Waals surface area contributed by atoms with Gasteiger partial charge in [0.05, 0.1) is 12.1 Å². The molecule has 2 aromatic heterocycles. The monoisotopic (exact) mass is 377 g/mol. The normalized spacial score (nSPS) is 10.8. The molecule has 0 fully saturated rings. The van der Waals surface area contributed by atoms with Crippen LogP contribution in [0.4, 0.5) is 0 Å². The van der Waals surface area contributed by atoms with Crippen molar-refractivity contribution in [3.05, 3.63) is 56.0 Å². The van der Waals surface area contributed by atoms with Crippen molar-refractivity contribution < 1.29 is 14.4 Å². The second-order valence-corrected chi connectivity index (χ2v) is 5.73. The van der Waals surface area contributed by atoms with E-state index >= 15 is 0 Å². The lowest BCUT2D eigenvalue weighted by Gasteiger charge is -2.07. The Hall–Kier alpha value is -3.27. The number of nitrogens with zero attached hydrogens (tertiary/aromatic N) is 5. The van der Waals surface area contributed by atoms with Gasteiger partial charge in [-0.2, -0.15) is 14.8 Å². The number of aliphatic carboxylic acids is 1. The third kappa shape index (κ3) is 3.40. The molecule has 2 heterocycles. The summed E-state index contributed by atoms with van der Waals surface area (Å²) < 4.78 is 6.82. The maximum absolute atomic E-state index is 12.4. The van der Waals surface area contributed by atoms with Crippen LogP contribution >= 0.6 is 11.6 Å². The van der Waals surface area contributed by atoms with Gasteiger partial charge in [-0.1, -0.05) is 16.8 Å². The second-order valence-electron chi connectivity index (χ2n) is 5.29. The number of aromatic nitrogens is 5. The quantitative estimate of drug-likeness (QED) is 0.685. The Morgan fingerprint density at radius 3 is 2.62 bits per heavy atom. The van der Waals surface area contributed by atoms with Crippen molar-refractivity contribution in [3.8, 4) is 17.2 Å². The summed E-state index contributed by atoms with van der Waals surface area (Å²) in [5, 5.41) is 16.9. The minimum atomic E-state index is -1.02. The molecule has 0 aliphatic carbocycles. The number of hydrogen-bond donors (Lipinski definition) is 1. The van der Waals surface area contributed by atoms with E-state index in [9.17, 15) is 14.4 Å². The molecule has 1 aromatic carbocycles. The number of benzene rings is 1. The summed E-state index contributed by atoms with van der Waals surface area (Å²) in [5.41, 5.74) is -1.17. The largest absolute Gasteiger partial charge is 0.481 e. The summed E-state index contributed by atoms with van der Waals surface area (Å²) in [5.74, 6) is -1.10. The Kier molecular flexibility index (Phi) is 4.67. The van der Waals surface area contributed by atoms with Crippen LogP contribution in [0.3, 0.4) is 0 Å². The molecular weight excluding hydrogens is 366 g/mol. The first kappa shape index (κ1) is 17.5. The topological polar surface area (TPSA) is 133 Å². The highest BCUT2D eigenvalue weighted by molar-refractivity contribution is 6.30. The fourth-order valence-electron chi connectivity index (χ4n) is 2.13. The van der Waals surface area contributed by atoms with E-state index in [0.717, 1.165) is 9.25 Å². The molecule has 10 nitrogen and oxygen atoms in total. The standard InChI is InChI=1S/C15H12ClN5O5/c1-20-14(24)12(13-17-10(26-19-13)6-7-11(22)23)18-21(15(20)25)9-4-2-8(16)3-5-9/h2-5H,6-7H2,1H3,(H,22,23). The molecule has 3 rings (SSSR count). The third-order valence-corrected chi connectivity index (χ3v) is 3.73. The predicted octanol–water partition coefficient (Wildman–Crippen LogP) is 0.652. The van der Waals surface area contributed by atoms with Gasteiger partial charge in [0, 0.05) is 18.5 Å². The lowest BCUT2D eigenvalue weighted by atomic mass is 10.3. The van der Waals surface area contributed by atoms with E-state index < -0.39 is 17.2 Å². The molecule has 0 saturated heterocycles. The third-order valence-electron chi connectivity index (χ3n) is 3.48. The lowest BCUT2D eigenvalue weighted by Crippen LogP contribution is -2.40. The van der Waals surface area contributed by atoms with Gasteiger partial charge < -0.3 is 9.63 Å². The van der Waals surface area contributed by atoms with Gasteiger partial charge in [-0.05, 0) is 24.3 Å². The number of carbonyl (C=O) groups is 1. The van der Waals surface area contributed by atoms with E-state index in [1.165, 1.54) is 7.05 Å². The van der Waals surface area contributed by atoms with E-state index in [2.05, 4.69) is 15.2 Å². The summed E-state index contributed by atoms with van der Waals surface area (Å²) in [6, 6.07) is 6.29. The van der Waals surface area contributed by atoms with Crippen molar-refractivity contribution >= 4 is 17.6 Å². The SMILES string of the molecule is Cn1c(=O)c(-c2noc(CCC(=O)O)n2)nn(-c2ccc(Cl)cc2)c1=O. The molecule has 0 amide bonds. The molecule has 26 heavy (non-hydrogen) atoms. The summed E-state index contributed by atoms with van der Waals surface area (Å²) in [7, 11) is 1.30. The molecule has 0 radical (unpaired) electrons. The zero-order valence-electron chi connectivity index (χ0n) is 13.4. The van der Waals surface area contributed by atoms with Crippen molar-refractivity contribution in [2.24, 2.45) is 7.05 Å². The molecule has 0 atom stereocenters. The molecule has 0 unspecified atom stereocenters. The van der Waals surface area contributed by atoms with Crippen molar-refractivity contribution in [3.63, 3.8) is 0 Å². The summed E-state index contributed by atoms with van der Waals surface area (Å²) in [6.07, 6.45) is -0.184. The van der Waals surface area contributed by atoms with Gasteiger partial charge in [0.25, 0.3) is 5.56 Å². The summed E-state index contributed by atoms with van der Waals surface area (Å²) in [4.78, 5) is 39.3. The zero-order valence-corrected chi connectivity index (χ0v) is 14.2. The van der Waals surface area contributed by atoms with Crippen molar-refractivity contribution in [1.29, 1.82) is 0 Å². The van der Waals surface area contributed by atoms with Crippen LogP contribution in [0.25, 0.3) is 17.2 Å². The highest BCUT2D eigenvalue weighted by Crippen LogP contribution is 2.13. The van der Waals surface area contributed by atoms with Gasteiger partial charge in [0.2, 0.25) is 11.7 Å². The number of aryl methyl sites for hydroxylation is 1. The van der Waals surface area contributed by atoms with Gasteiger partial charge >= 0.3 is 11.7 Å². The highest BCUT2D eigenvalue weighted by Gasteiger charge is 2.19. The van der Waals surface area contributed by atoms with E-state index in [4.69, 9.17) is 21.2 Å². The zero-order chi connectivity index (χ0) is 18.8. The molecule has 0 aliphatic heterocycles. The van der Waals surface area contributed by atoms with Crippen molar-refractivity contribution in [2.75, 3.05) is 0 Å². The van der Waals surface area contributed by atoms with Crippen LogP contribution in [-0.4, -0.2) is 35.6 Å². The van der Waals surface area contributed by atoms with E-state index in [0.29, 0.717) is 10.7 Å². The van der Waals surface area contributed by atoms with Crippen LogP contribution in [-0.2, 0) is 18.3 Å². The summed E-state index contributed by atoms with van der Waals surface area (Å²) in [6.45, 7) is 0. The van der Waals surface area contributed by atoms with Crippen molar-refractivity contribution in [1.82, 2.24) is 24.5 Å². The van der Waals surface area contributed by atoms with Gasteiger partial charge in [-0.25, -0.2) is 4.79 Å². The Morgan fingerprint density at radius 1 is 1.27 bits per heavy atom. The number of carboxylic acids is 1. The molecular formula is C15H12ClN5O5. The average Bonchev–Trinajstić information content (AvgIpc) is 3.08. The fourth-order valence-corrected chi connectivity index (χ4v) is 2.26. The molecule has 0 saturated carbocycles. The fraction of sp³-hybridized carbons (Fsp3) is 0.200. The van der Waals surface area contributed by atoms with Crippen LogP contribution in [0.15, 0.2) is 38.4 Å². The molecule has 0 aliphatic rings. The first-order valence-electron chi connectivity index (χ1n) is 7.38. The van der Waals surface area contributed by atoms with E-state index in [-0.39, 0.29) is 30.3 Å². The van der Waals surface area contributed by atoms with Crippen LogP contribution in [0.2, 0.25) is 5.02 Å². The van der Waals surface area contributed by atoms with Gasteiger partial charge in [-0.3, -0.25) is 14.2 Å². The minimum Gasteiger partial charge on any atom is -0.481 e. The van der Waals surface area contributed by atoms with Crippen molar-refractivity contribution in [2.45, 2.75) is 12.8 Å². The Bertz CT molecular complexity index is 1080. The maximum Gasteiger partial charge on any atom is 0.351 e. The lowest BCUT2D eigenvalue weighted by molar-refractivity contribution is -0.137. The number of rotatable bonds is 5. The van der Waals surface area contributed by atoms with E-state index in [1.807, 2.05) is 0 Å². The Balaban J connectivity index is 2.08. The number of carboxylic acid groups (broad SMARTS) is 1. The van der Waals surface area contributed by atoms with Crippen LogP contribution < -0.4 is 11.2 Å². The molecule has 11 heteroatoms. The van der Waals surface area contributed by atoms with Gasteiger partial charge in [-0.15, -0.1) is 0 Å². The minimum absolute atomic E-state index is 0.0134. The molecule has 3 aromatic rings. The smallest absolute Gasteiger partial charge is 0.351 e. The Labute approximate surface area is 150 Å². The van der Waals surface area contributed by atoms with Gasteiger partial charge in [0.15, 0.2) is 5.69 Å². The molecule has 0 bridgehead atoms. The van der Waals surface area contributed by atoms with Crippen LogP contribution in [0.5, 0.6) is 0 Å². The highest BCUT2D eigenvalue weighted by atomic mass is 35.5. The van der Waals surface area contributed by atoms with Crippen LogP contribution in [0.1, 0.15) is 12.3 Å². The van der Waals surface area contributed by atoms with Crippen LogP contribution in [0, 0.1) is 0 Å². The molecule has 134 valence electrons. The first-order valence-corrected chi connectivity index (χ1v) is 7.75. The summed E-state index contributed by atoms with van der Waals surface area (Å²) >= 11 is 5.84. The van der Waals surface area contributed by atoms with E-state index in [1.54, 1.807) is 24.3 Å². The average molecular weight is 378 g/mol. The first-order chi connectivity index (χ1) is 12.4. The second kappa shape index (κ2) is 6.92. The maximum atomic E-state index is 12.4. The Morgan fingerprint density at radius 2 is 1.96 bits per heavy atom.